The Morgan fingerprint density at radius 3 is 2.72 bits per heavy atom. The van der Waals surface area contributed by atoms with E-state index in [9.17, 15) is 14.7 Å². The summed E-state index contributed by atoms with van der Waals surface area (Å²) >= 11 is 0. The molecule has 0 amide bonds. The van der Waals surface area contributed by atoms with Crippen LogP contribution in [0.4, 0.5) is 0 Å². The molecular weight excluding hydrogens is 324 g/mol. The average Bonchev–Trinajstić information content (AvgIpc) is 2.99. The molecule has 0 saturated carbocycles. The van der Waals surface area contributed by atoms with Crippen LogP contribution in [0.15, 0.2) is 17.4 Å². The molecule has 0 radical (unpaired) electrons. The predicted octanol–water partition coefficient (Wildman–Crippen LogP) is 2.98. The van der Waals surface area contributed by atoms with Gasteiger partial charge in [0.1, 0.15) is 23.7 Å². The molecule has 0 bridgehead atoms. The fraction of sp³-hybridized carbons (Fsp3) is 0.421. The van der Waals surface area contributed by atoms with E-state index >= 15 is 0 Å². The first kappa shape index (κ1) is 18.6. The highest BCUT2D eigenvalue weighted by atomic mass is 16.5. The Kier molecular flexibility index (Phi) is 5.88. The quantitative estimate of drug-likeness (QED) is 0.630. The van der Waals surface area contributed by atoms with Gasteiger partial charge in [-0.2, -0.15) is 0 Å². The molecule has 134 valence electrons. The molecule has 0 saturated heterocycles. The normalized spacial score (nSPS) is 12.1. The minimum Gasteiger partial charge on any atom is -0.507 e. The van der Waals surface area contributed by atoms with Gasteiger partial charge in [0.15, 0.2) is 0 Å². The van der Waals surface area contributed by atoms with Crippen molar-refractivity contribution >= 4 is 11.9 Å². The zero-order valence-corrected chi connectivity index (χ0v) is 14.9. The summed E-state index contributed by atoms with van der Waals surface area (Å²) in [6, 6.07) is 0. The van der Waals surface area contributed by atoms with Crippen molar-refractivity contribution in [1.29, 1.82) is 0 Å². The second-order valence-corrected chi connectivity index (χ2v) is 5.82. The van der Waals surface area contributed by atoms with Crippen LogP contribution in [0, 0.1) is 6.92 Å². The van der Waals surface area contributed by atoms with Crippen LogP contribution in [-0.4, -0.2) is 31.3 Å². The van der Waals surface area contributed by atoms with Crippen molar-refractivity contribution < 1.29 is 28.9 Å². The summed E-state index contributed by atoms with van der Waals surface area (Å²) in [5, 5.41) is 10.5. The molecule has 6 nitrogen and oxygen atoms in total. The first-order valence-electron chi connectivity index (χ1n) is 7.96. The lowest BCUT2D eigenvalue weighted by Gasteiger charge is -2.15. The molecule has 0 aromatic heterocycles. The summed E-state index contributed by atoms with van der Waals surface area (Å²) in [4.78, 5) is 23.0. The van der Waals surface area contributed by atoms with Crippen LogP contribution in [0.2, 0.25) is 0 Å². The average molecular weight is 346 g/mol. The van der Waals surface area contributed by atoms with E-state index in [2.05, 4.69) is 10.5 Å². The number of carbonyl (C=O) groups excluding carboxylic acids is 2. The van der Waals surface area contributed by atoms with Gasteiger partial charge in [0.2, 0.25) is 0 Å². The summed E-state index contributed by atoms with van der Waals surface area (Å²) < 4.78 is 15.0. The largest absolute Gasteiger partial charge is 0.507 e. The third kappa shape index (κ3) is 3.86. The number of ether oxygens (including phenoxy) is 3. The maximum atomic E-state index is 11.9. The number of carbonyl (C=O) groups is 2. The molecule has 1 heterocycles. The summed E-state index contributed by atoms with van der Waals surface area (Å²) in [6.07, 6.45) is 2.92. The van der Waals surface area contributed by atoms with Crippen molar-refractivity contribution in [2.24, 2.45) is 0 Å². The molecule has 0 aliphatic carbocycles. The second kappa shape index (κ2) is 7.90. The molecule has 0 unspecified atom stereocenters. The Labute approximate surface area is 146 Å². The van der Waals surface area contributed by atoms with Crippen LogP contribution in [0.3, 0.4) is 0 Å². The first-order valence-corrected chi connectivity index (χ1v) is 7.96. The van der Waals surface area contributed by atoms with E-state index in [0.717, 1.165) is 11.1 Å². The van der Waals surface area contributed by atoms with E-state index in [4.69, 9.17) is 9.47 Å². The smallest absolute Gasteiger partial charge is 0.342 e. The molecule has 1 aromatic rings. The van der Waals surface area contributed by atoms with Gasteiger partial charge in [-0.15, -0.1) is 5.73 Å². The zero-order valence-electron chi connectivity index (χ0n) is 14.9. The summed E-state index contributed by atoms with van der Waals surface area (Å²) in [5.41, 5.74) is 6.17. The van der Waals surface area contributed by atoms with Crippen molar-refractivity contribution in [3.63, 3.8) is 0 Å². The lowest BCUT2D eigenvalue weighted by atomic mass is 9.95. The standard InChI is InChI=1S/C19H22O6/c1-11(8-9-15(20)23-3)6-5-7-13-17(21)16-14(10-25-19(16)22)12(2)18(13)24-4/h5,21H,7-10H2,1-4H3. The Morgan fingerprint density at radius 1 is 1.36 bits per heavy atom. The molecule has 6 heteroatoms. The monoisotopic (exact) mass is 346 g/mol. The van der Waals surface area contributed by atoms with Gasteiger partial charge in [0, 0.05) is 24.0 Å². The number of cyclic esters (lactones) is 1. The third-order valence-electron chi connectivity index (χ3n) is 4.23. The molecule has 1 aromatic carbocycles. The molecule has 0 atom stereocenters. The van der Waals surface area contributed by atoms with Gasteiger partial charge in [-0.1, -0.05) is 0 Å². The summed E-state index contributed by atoms with van der Waals surface area (Å²) in [7, 11) is 2.88. The van der Waals surface area contributed by atoms with Gasteiger partial charge in [-0.3, -0.25) is 4.79 Å². The van der Waals surface area contributed by atoms with E-state index in [0.29, 0.717) is 36.1 Å². The lowest BCUT2D eigenvalue weighted by Crippen LogP contribution is -2.02. The highest BCUT2D eigenvalue weighted by Crippen LogP contribution is 2.41. The minimum absolute atomic E-state index is 0.106. The van der Waals surface area contributed by atoms with Crippen molar-refractivity contribution in [2.45, 2.75) is 39.7 Å². The van der Waals surface area contributed by atoms with Crippen LogP contribution < -0.4 is 4.74 Å². The number of methoxy groups -OCH3 is 2. The van der Waals surface area contributed by atoms with E-state index in [1.54, 1.807) is 6.08 Å². The van der Waals surface area contributed by atoms with Crippen molar-refractivity contribution in [1.82, 2.24) is 0 Å². The summed E-state index contributed by atoms with van der Waals surface area (Å²) in [5.74, 6) is -0.355. The molecular formula is C19H22O6. The van der Waals surface area contributed by atoms with E-state index in [-0.39, 0.29) is 23.9 Å². The number of fused-ring (bicyclic) bond motifs is 1. The van der Waals surface area contributed by atoms with Gasteiger partial charge in [-0.25, -0.2) is 4.79 Å². The van der Waals surface area contributed by atoms with E-state index < -0.39 is 5.97 Å². The van der Waals surface area contributed by atoms with E-state index in [1.165, 1.54) is 14.2 Å². The number of hydrogen-bond donors (Lipinski definition) is 1. The number of hydrogen-bond acceptors (Lipinski definition) is 6. The maximum Gasteiger partial charge on any atom is 0.342 e. The van der Waals surface area contributed by atoms with Gasteiger partial charge in [0.25, 0.3) is 0 Å². The molecule has 25 heavy (non-hydrogen) atoms. The minimum atomic E-state index is -0.520. The number of aromatic hydroxyl groups is 1. The van der Waals surface area contributed by atoms with Gasteiger partial charge >= 0.3 is 11.9 Å². The molecule has 2 rings (SSSR count). The zero-order chi connectivity index (χ0) is 18.6. The van der Waals surface area contributed by atoms with E-state index in [1.807, 2.05) is 13.8 Å². The number of allylic oxidation sites excluding steroid dienone is 1. The SMILES string of the molecule is COC(=O)CCC(C)=C=CCc1c(O)c2c(c(C)c1OC)COC2=O. The highest BCUT2D eigenvalue weighted by Gasteiger charge is 2.31. The van der Waals surface area contributed by atoms with Gasteiger partial charge in [-0.05, 0) is 37.5 Å². The van der Waals surface area contributed by atoms with Crippen LogP contribution in [0.1, 0.15) is 46.8 Å². The fourth-order valence-corrected chi connectivity index (χ4v) is 2.82. The predicted molar refractivity (Wildman–Crippen MR) is 90.7 cm³/mol. The number of phenols is 1. The fourth-order valence-electron chi connectivity index (χ4n) is 2.82. The number of phenolic OH excluding ortho intramolecular Hbond substituents is 1. The third-order valence-corrected chi connectivity index (χ3v) is 4.23. The molecule has 1 aliphatic heterocycles. The van der Waals surface area contributed by atoms with Crippen LogP contribution in [-0.2, 0) is 27.3 Å². The molecule has 0 spiro atoms. The van der Waals surface area contributed by atoms with Crippen LogP contribution in [0.25, 0.3) is 0 Å². The summed E-state index contributed by atoms with van der Waals surface area (Å²) in [6.45, 7) is 3.85. The van der Waals surface area contributed by atoms with Crippen LogP contribution in [0.5, 0.6) is 11.5 Å². The number of benzene rings is 1. The lowest BCUT2D eigenvalue weighted by molar-refractivity contribution is -0.140. The Balaban J connectivity index is 2.29. The first-order chi connectivity index (χ1) is 11.9. The molecule has 0 fully saturated rings. The second-order valence-electron chi connectivity index (χ2n) is 5.82. The van der Waals surface area contributed by atoms with Crippen LogP contribution >= 0.6 is 0 Å². The van der Waals surface area contributed by atoms with Gasteiger partial charge < -0.3 is 19.3 Å². The number of rotatable bonds is 6. The Bertz CT molecular complexity index is 769. The highest BCUT2D eigenvalue weighted by molar-refractivity contribution is 5.98. The van der Waals surface area contributed by atoms with Crippen molar-refractivity contribution in [3.05, 3.63) is 39.6 Å². The topological polar surface area (TPSA) is 82.1 Å². The number of esters is 2. The van der Waals surface area contributed by atoms with Gasteiger partial charge in [0.05, 0.1) is 14.2 Å². The Morgan fingerprint density at radius 2 is 2.08 bits per heavy atom. The maximum absolute atomic E-state index is 11.9. The molecule has 1 N–H and O–H groups in total. The molecule has 1 aliphatic rings. The van der Waals surface area contributed by atoms with Crippen molar-refractivity contribution in [3.8, 4) is 11.5 Å². The Hall–Kier alpha value is -2.72. The van der Waals surface area contributed by atoms with Crippen molar-refractivity contribution in [2.75, 3.05) is 14.2 Å².